The maximum absolute atomic E-state index is 12.3. The zero-order chi connectivity index (χ0) is 22.7. The van der Waals surface area contributed by atoms with Gasteiger partial charge in [0.25, 0.3) is 0 Å². The summed E-state index contributed by atoms with van der Waals surface area (Å²) in [5, 5.41) is 3.00. The number of carbonyl (C=O) groups excluding carboxylic acids is 1. The summed E-state index contributed by atoms with van der Waals surface area (Å²) in [4.78, 5) is 24.3. The molecule has 3 aromatic carbocycles. The first-order chi connectivity index (χ1) is 15.5. The van der Waals surface area contributed by atoms with E-state index < -0.39 is 11.6 Å². The van der Waals surface area contributed by atoms with Crippen LogP contribution in [0.4, 0.5) is 0 Å². The Kier molecular flexibility index (Phi) is 6.14. The lowest BCUT2D eigenvalue weighted by molar-refractivity contribution is -0.138. The van der Waals surface area contributed by atoms with E-state index in [0.717, 1.165) is 16.2 Å². The topological polar surface area (TPSA) is 75.0 Å². The van der Waals surface area contributed by atoms with Crippen LogP contribution in [0.5, 0.6) is 11.5 Å². The summed E-state index contributed by atoms with van der Waals surface area (Å²) in [6, 6.07) is 16.0. The number of benzene rings is 3. The fourth-order valence-corrected chi connectivity index (χ4v) is 3.83. The molecule has 1 heterocycles. The number of methoxy groups -OCH3 is 2. The molecule has 0 amide bonds. The highest BCUT2D eigenvalue weighted by Gasteiger charge is 2.12. The van der Waals surface area contributed by atoms with E-state index in [1.807, 2.05) is 30.3 Å². The number of hydrogen-bond donors (Lipinski definition) is 0. The van der Waals surface area contributed by atoms with Gasteiger partial charge < -0.3 is 18.6 Å². The second kappa shape index (κ2) is 9.16. The summed E-state index contributed by atoms with van der Waals surface area (Å²) in [5.74, 6) is 0.288. The summed E-state index contributed by atoms with van der Waals surface area (Å²) in [7, 11) is 2.99. The van der Waals surface area contributed by atoms with Crippen LogP contribution in [0.2, 0.25) is 5.02 Å². The van der Waals surface area contributed by atoms with E-state index in [0.29, 0.717) is 33.2 Å². The number of esters is 1. The molecule has 1 aromatic heterocycles. The fourth-order valence-electron chi connectivity index (χ4n) is 3.53. The standard InChI is InChI=1S/C25H19ClO6/c1-29-21-12-15(11-19(26)25(21)30-2)7-10-22(27)31-14-17-13-23(28)32-20-9-8-16-5-3-4-6-18(16)24(17)20/h3-13H,14H2,1-2H3/b10-7+. The molecule has 0 spiro atoms. The minimum absolute atomic E-state index is 0.0774. The predicted molar refractivity (Wildman–Crippen MR) is 123 cm³/mol. The highest BCUT2D eigenvalue weighted by Crippen LogP contribution is 2.36. The van der Waals surface area contributed by atoms with Crippen molar-refractivity contribution in [3.8, 4) is 11.5 Å². The van der Waals surface area contributed by atoms with Crippen molar-refractivity contribution in [2.24, 2.45) is 0 Å². The van der Waals surface area contributed by atoms with E-state index in [4.69, 9.17) is 30.2 Å². The Morgan fingerprint density at radius 2 is 1.88 bits per heavy atom. The molecule has 162 valence electrons. The molecule has 7 heteroatoms. The summed E-state index contributed by atoms with van der Waals surface area (Å²) in [5.41, 5.74) is 1.15. The molecule has 0 unspecified atom stereocenters. The summed E-state index contributed by atoms with van der Waals surface area (Å²) in [6.45, 7) is -0.0774. The molecule has 4 aromatic rings. The number of halogens is 1. The van der Waals surface area contributed by atoms with Gasteiger partial charge in [-0.15, -0.1) is 0 Å². The van der Waals surface area contributed by atoms with Crippen LogP contribution in [0, 0.1) is 0 Å². The Morgan fingerprint density at radius 3 is 2.66 bits per heavy atom. The third-order valence-corrected chi connectivity index (χ3v) is 5.23. The average Bonchev–Trinajstić information content (AvgIpc) is 2.80. The highest BCUT2D eigenvalue weighted by atomic mass is 35.5. The second-order valence-electron chi connectivity index (χ2n) is 6.93. The Hall–Kier alpha value is -3.77. The van der Waals surface area contributed by atoms with Crippen molar-refractivity contribution in [3.05, 3.63) is 87.2 Å². The van der Waals surface area contributed by atoms with Crippen LogP contribution in [0.15, 0.2) is 69.9 Å². The molecule has 0 saturated carbocycles. The quantitative estimate of drug-likeness (QED) is 0.170. The van der Waals surface area contributed by atoms with Gasteiger partial charge >= 0.3 is 11.6 Å². The summed E-state index contributed by atoms with van der Waals surface area (Å²) < 4.78 is 21.2. The van der Waals surface area contributed by atoms with Crippen LogP contribution in [0.25, 0.3) is 27.8 Å². The average molecular weight is 451 g/mol. The third kappa shape index (κ3) is 4.31. The van der Waals surface area contributed by atoms with Gasteiger partial charge in [0.05, 0.1) is 19.2 Å². The minimum Gasteiger partial charge on any atom is -0.493 e. The van der Waals surface area contributed by atoms with E-state index in [2.05, 4.69) is 0 Å². The number of hydrogen-bond acceptors (Lipinski definition) is 6. The van der Waals surface area contributed by atoms with Gasteiger partial charge in [-0.1, -0.05) is 41.9 Å². The number of carbonyl (C=O) groups is 1. The second-order valence-corrected chi connectivity index (χ2v) is 7.34. The Balaban J connectivity index is 1.58. The van der Waals surface area contributed by atoms with Gasteiger partial charge in [-0.3, -0.25) is 0 Å². The lowest BCUT2D eigenvalue weighted by Gasteiger charge is -2.10. The molecule has 0 aliphatic carbocycles. The molecular weight excluding hydrogens is 432 g/mol. The van der Waals surface area contributed by atoms with E-state index in [9.17, 15) is 9.59 Å². The molecule has 0 aliphatic rings. The van der Waals surface area contributed by atoms with Crippen molar-refractivity contribution in [2.75, 3.05) is 14.2 Å². The molecule has 4 rings (SSSR count). The van der Waals surface area contributed by atoms with E-state index in [-0.39, 0.29) is 6.61 Å². The van der Waals surface area contributed by atoms with Crippen LogP contribution in [-0.4, -0.2) is 20.2 Å². The van der Waals surface area contributed by atoms with Crippen molar-refractivity contribution in [2.45, 2.75) is 6.61 Å². The first kappa shape index (κ1) is 21.5. The molecule has 32 heavy (non-hydrogen) atoms. The lowest BCUT2D eigenvalue weighted by Crippen LogP contribution is -2.06. The largest absolute Gasteiger partial charge is 0.493 e. The van der Waals surface area contributed by atoms with Gasteiger partial charge in [0, 0.05) is 23.1 Å². The number of ether oxygens (including phenoxy) is 3. The van der Waals surface area contributed by atoms with Crippen LogP contribution >= 0.6 is 11.6 Å². The molecule has 0 bridgehead atoms. The summed E-state index contributed by atoms with van der Waals surface area (Å²) in [6.07, 6.45) is 2.84. The predicted octanol–water partition coefficient (Wildman–Crippen LogP) is 5.37. The monoisotopic (exact) mass is 450 g/mol. The normalized spacial score (nSPS) is 11.2. The maximum atomic E-state index is 12.3. The van der Waals surface area contributed by atoms with Crippen LogP contribution < -0.4 is 15.1 Å². The molecule has 0 fully saturated rings. The van der Waals surface area contributed by atoms with E-state index >= 15 is 0 Å². The van der Waals surface area contributed by atoms with Crippen molar-refractivity contribution >= 4 is 45.4 Å². The van der Waals surface area contributed by atoms with E-state index in [1.165, 1.54) is 26.4 Å². The fraction of sp³-hybridized carbons (Fsp3) is 0.120. The van der Waals surface area contributed by atoms with Gasteiger partial charge in [0.15, 0.2) is 11.5 Å². The summed E-state index contributed by atoms with van der Waals surface area (Å²) >= 11 is 6.19. The molecule has 0 atom stereocenters. The van der Waals surface area contributed by atoms with Crippen molar-refractivity contribution in [3.63, 3.8) is 0 Å². The minimum atomic E-state index is -0.572. The molecule has 0 radical (unpaired) electrons. The van der Waals surface area contributed by atoms with Crippen LogP contribution in [0.1, 0.15) is 11.1 Å². The number of fused-ring (bicyclic) bond motifs is 3. The smallest absolute Gasteiger partial charge is 0.336 e. The van der Waals surface area contributed by atoms with Gasteiger partial charge in [0.2, 0.25) is 0 Å². The van der Waals surface area contributed by atoms with Gasteiger partial charge in [0.1, 0.15) is 12.2 Å². The Labute approximate surface area is 188 Å². The number of rotatable bonds is 6. The van der Waals surface area contributed by atoms with Gasteiger partial charge in [-0.25, -0.2) is 9.59 Å². The first-order valence-corrected chi connectivity index (χ1v) is 10.1. The zero-order valence-corrected chi connectivity index (χ0v) is 18.1. The van der Waals surface area contributed by atoms with Gasteiger partial charge in [-0.05, 0) is 40.6 Å². The van der Waals surface area contributed by atoms with Crippen LogP contribution in [0.3, 0.4) is 0 Å². The van der Waals surface area contributed by atoms with E-state index in [1.54, 1.807) is 24.3 Å². The Bertz CT molecular complexity index is 1400. The van der Waals surface area contributed by atoms with Gasteiger partial charge in [-0.2, -0.15) is 0 Å². The zero-order valence-electron chi connectivity index (χ0n) is 17.4. The third-order valence-electron chi connectivity index (χ3n) is 4.95. The van der Waals surface area contributed by atoms with Crippen LogP contribution in [-0.2, 0) is 16.1 Å². The molecule has 0 aliphatic heterocycles. The molecule has 0 saturated heterocycles. The highest BCUT2D eigenvalue weighted by molar-refractivity contribution is 6.32. The SMILES string of the molecule is COc1cc(/C=C/C(=O)OCc2cc(=O)oc3ccc4ccccc4c23)cc(Cl)c1OC. The Morgan fingerprint density at radius 1 is 1.06 bits per heavy atom. The van der Waals surface area contributed by atoms with Crippen molar-refractivity contribution < 1.29 is 23.4 Å². The lowest BCUT2D eigenvalue weighted by atomic mass is 10.0. The maximum Gasteiger partial charge on any atom is 0.336 e. The van der Waals surface area contributed by atoms with Crippen molar-refractivity contribution in [1.29, 1.82) is 0 Å². The first-order valence-electron chi connectivity index (χ1n) is 9.71. The molecule has 6 nitrogen and oxygen atoms in total. The molecular formula is C25H19ClO6. The van der Waals surface area contributed by atoms with Crippen molar-refractivity contribution in [1.82, 2.24) is 0 Å². The molecule has 0 N–H and O–H groups in total.